The summed E-state index contributed by atoms with van der Waals surface area (Å²) in [7, 11) is 0. The fraction of sp³-hybridized carbons (Fsp3) is 0.368. The molecule has 23 heavy (non-hydrogen) atoms. The number of ether oxygens (including phenoxy) is 1. The average molecular weight is 308 g/mol. The molecule has 4 heteroatoms. The van der Waals surface area contributed by atoms with Gasteiger partial charge in [-0.1, -0.05) is 12.1 Å². The molecular weight excluding hydrogens is 288 g/mol. The van der Waals surface area contributed by atoms with Crippen molar-refractivity contribution in [2.75, 3.05) is 11.9 Å². The van der Waals surface area contributed by atoms with Crippen LogP contribution in [0.4, 0.5) is 5.82 Å². The van der Waals surface area contributed by atoms with Gasteiger partial charge < -0.3 is 10.1 Å². The van der Waals surface area contributed by atoms with Gasteiger partial charge in [-0.3, -0.25) is 4.79 Å². The van der Waals surface area contributed by atoms with E-state index in [9.17, 15) is 4.79 Å². The number of hydrogen-bond donors (Lipinski definition) is 1. The van der Waals surface area contributed by atoms with Crippen LogP contribution in [-0.4, -0.2) is 17.5 Å². The van der Waals surface area contributed by atoms with Crippen LogP contribution in [0.25, 0.3) is 0 Å². The summed E-state index contributed by atoms with van der Waals surface area (Å²) in [5, 5.41) is 3.00. The number of nitrogens with one attached hydrogen (secondary N) is 1. The zero-order chi connectivity index (χ0) is 16.0. The molecule has 4 rings (SSSR count). The molecular formula is C19H20N2O2. The van der Waals surface area contributed by atoms with E-state index in [1.54, 1.807) is 0 Å². The number of aryl methyl sites for hydroxylation is 2. The number of pyridine rings is 1. The summed E-state index contributed by atoms with van der Waals surface area (Å²) >= 11 is 0. The summed E-state index contributed by atoms with van der Waals surface area (Å²) in [5.74, 6) is 1.61. The standard InChI is InChI=1S/C19H20N2O2/c1-12-9-13(2)20-17(10-12)21-18(22)19(6-7-19)15-4-3-14-5-8-23-16(14)11-15/h3-4,9-11H,5-8H2,1-2H3,(H,20,21,22). The molecule has 4 nitrogen and oxygen atoms in total. The van der Waals surface area contributed by atoms with Crippen molar-refractivity contribution in [3.8, 4) is 5.75 Å². The Kier molecular flexibility index (Phi) is 3.15. The van der Waals surface area contributed by atoms with Crippen LogP contribution in [0.1, 0.15) is 35.2 Å². The molecule has 1 saturated carbocycles. The highest BCUT2D eigenvalue weighted by atomic mass is 16.5. The lowest BCUT2D eigenvalue weighted by Gasteiger charge is -2.17. The van der Waals surface area contributed by atoms with Crippen LogP contribution in [-0.2, 0) is 16.6 Å². The van der Waals surface area contributed by atoms with Crippen LogP contribution in [0.3, 0.4) is 0 Å². The number of nitrogens with zero attached hydrogens (tertiary/aromatic N) is 1. The molecule has 0 saturated heterocycles. The molecule has 0 spiro atoms. The third-order valence-electron chi connectivity index (χ3n) is 4.77. The fourth-order valence-electron chi connectivity index (χ4n) is 3.38. The van der Waals surface area contributed by atoms with Gasteiger partial charge in [0.1, 0.15) is 11.6 Å². The monoisotopic (exact) mass is 308 g/mol. The summed E-state index contributed by atoms with van der Waals surface area (Å²) in [4.78, 5) is 17.2. The molecule has 0 atom stereocenters. The Labute approximate surface area is 135 Å². The highest BCUT2D eigenvalue weighted by Gasteiger charge is 2.51. The van der Waals surface area contributed by atoms with Gasteiger partial charge in [0.25, 0.3) is 0 Å². The Balaban J connectivity index is 1.60. The van der Waals surface area contributed by atoms with E-state index in [1.807, 2.05) is 32.0 Å². The lowest BCUT2D eigenvalue weighted by molar-refractivity contribution is -0.118. The first-order valence-corrected chi connectivity index (χ1v) is 8.10. The van der Waals surface area contributed by atoms with E-state index in [0.29, 0.717) is 5.82 Å². The summed E-state index contributed by atoms with van der Waals surface area (Å²) in [6.45, 7) is 4.69. The number of hydrogen-bond acceptors (Lipinski definition) is 3. The van der Waals surface area contributed by atoms with Crippen molar-refractivity contribution in [2.24, 2.45) is 0 Å². The first-order valence-electron chi connectivity index (χ1n) is 8.10. The third kappa shape index (κ3) is 2.48. The number of carbonyl (C=O) groups excluding carboxylic acids is 1. The smallest absolute Gasteiger partial charge is 0.236 e. The van der Waals surface area contributed by atoms with Crippen molar-refractivity contribution in [2.45, 2.75) is 38.5 Å². The summed E-state index contributed by atoms with van der Waals surface area (Å²) < 4.78 is 5.65. The molecule has 1 aliphatic carbocycles. The quantitative estimate of drug-likeness (QED) is 0.946. The van der Waals surface area contributed by atoms with E-state index in [1.165, 1.54) is 5.56 Å². The maximum atomic E-state index is 12.8. The van der Waals surface area contributed by atoms with Crippen molar-refractivity contribution in [3.05, 3.63) is 52.7 Å². The number of carbonyl (C=O) groups is 1. The Morgan fingerprint density at radius 3 is 2.78 bits per heavy atom. The second-order valence-electron chi connectivity index (χ2n) is 6.63. The number of fused-ring (bicyclic) bond motifs is 1. The minimum absolute atomic E-state index is 0.0351. The maximum Gasteiger partial charge on any atom is 0.236 e. The van der Waals surface area contributed by atoms with Crippen molar-refractivity contribution in [1.29, 1.82) is 0 Å². The SMILES string of the molecule is Cc1cc(C)nc(NC(=O)C2(c3ccc4c(c3)OCC4)CC2)c1. The highest BCUT2D eigenvalue weighted by Crippen LogP contribution is 2.50. The van der Waals surface area contributed by atoms with Gasteiger partial charge in [-0.2, -0.15) is 0 Å². The van der Waals surface area contributed by atoms with Gasteiger partial charge in [-0.25, -0.2) is 4.98 Å². The molecule has 118 valence electrons. The number of rotatable bonds is 3. The third-order valence-corrected chi connectivity index (χ3v) is 4.77. The van der Waals surface area contributed by atoms with Gasteiger partial charge in [0, 0.05) is 12.1 Å². The summed E-state index contributed by atoms with van der Waals surface area (Å²) in [6, 6.07) is 10.1. The minimum Gasteiger partial charge on any atom is -0.493 e. The van der Waals surface area contributed by atoms with Crippen molar-refractivity contribution in [1.82, 2.24) is 4.98 Å². The van der Waals surface area contributed by atoms with Gasteiger partial charge in [-0.05, 0) is 61.6 Å². The van der Waals surface area contributed by atoms with E-state index >= 15 is 0 Å². The highest BCUT2D eigenvalue weighted by molar-refractivity contribution is 6.01. The molecule has 1 fully saturated rings. The number of benzene rings is 1. The number of aromatic nitrogens is 1. The molecule has 1 aliphatic heterocycles. The van der Waals surface area contributed by atoms with Gasteiger partial charge in [0.2, 0.25) is 5.91 Å². The molecule has 2 aliphatic rings. The van der Waals surface area contributed by atoms with E-state index in [0.717, 1.165) is 48.4 Å². The molecule has 1 aromatic heterocycles. The molecule has 1 N–H and O–H groups in total. The average Bonchev–Trinajstić information content (AvgIpc) is 3.18. The van der Waals surface area contributed by atoms with Crippen molar-refractivity contribution < 1.29 is 9.53 Å². The Morgan fingerprint density at radius 1 is 1.22 bits per heavy atom. The Morgan fingerprint density at radius 2 is 2.04 bits per heavy atom. The van der Waals surface area contributed by atoms with Crippen LogP contribution >= 0.6 is 0 Å². The zero-order valence-electron chi connectivity index (χ0n) is 13.5. The van der Waals surface area contributed by atoms with Gasteiger partial charge in [-0.15, -0.1) is 0 Å². The van der Waals surface area contributed by atoms with Crippen molar-refractivity contribution >= 4 is 11.7 Å². The van der Waals surface area contributed by atoms with Gasteiger partial charge >= 0.3 is 0 Å². The minimum atomic E-state index is -0.416. The van der Waals surface area contributed by atoms with Crippen LogP contribution in [0.15, 0.2) is 30.3 Å². The predicted octanol–water partition coefficient (Wildman–Crippen LogP) is 3.30. The summed E-state index contributed by atoms with van der Waals surface area (Å²) in [5.41, 5.74) is 3.89. The van der Waals surface area contributed by atoms with Crippen LogP contribution in [0, 0.1) is 13.8 Å². The largest absolute Gasteiger partial charge is 0.493 e. The van der Waals surface area contributed by atoms with E-state index < -0.39 is 5.41 Å². The first kappa shape index (κ1) is 14.2. The van der Waals surface area contributed by atoms with E-state index in [2.05, 4.69) is 22.4 Å². The number of amides is 1. The maximum absolute atomic E-state index is 12.8. The van der Waals surface area contributed by atoms with Crippen LogP contribution in [0.2, 0.25) is 0 Å². The molecule has 1 amide bonds. The molecule has 0 bridgehead atoms. The zero-order valence-corrected chi connectivity index (χ0v) is 13.5. The summed E-state index contributed by atoms with van der Waals surface area (Å²) in [6.07, 6.45) is 2.71. The lowest BCUT2D eigenvalue weighted by Crippen LogP contribution is -2.28. The molecule has 2 heterocycles. The van der Waals surface area contributed by atoms with E-state index in [-0.39, 0.29) is 5.91 Å². The normalized spacial score (nSPS) is 17.3. The van der Waals surface area contributed by atoms with Crippen molar-refractivity contribution in [3.63, 3.8) is 0 Å². The topological polar surface area (TPSA) is 51.2 Å². The van der Waals surface area contributed by atoms with Gasteiger partial charge in [0.05, 0.1) is 12.0 Å². The van der Waals surface area contributed by atoms with E-state index in [4.69, 9.17) is 4.74 Å². The molecule has 0 radical (unpaired) electrons. The van der Waals surface area contributed by atoms with Crippen LogP contribution in [0.5, 0.6) is 5.75 Å². The Hall–Kier alpha value is -2.36. The molecule has 0 unspecified atom stereocenters. The molecule has 2 aromatic rings. The first-order chi connectivity index (χ1) is 11.1. The van der Waals surface area contributed by atoms with Crippen LogP contribution < -0.4 is 10.1 Å². The van der Waals surface area contributed by atoms with Gasteiger partial charge in [0.15, 0.2) is 0 Å². The fourth-order valence-corrected chi connectivity index (χ4v) is 3.38. The predicted molar refractivity (Wildman–Crippen MR) is 88.9 cm³/mol. The molecule has 1 aromatic carbocycles. The second-order valence-corrected chi connectivity index (χ2v) is 6.63. The second kappa shape index (κ2) is 5.08. The lowest BCUT2D eigenvalue weighted by atomic mass is 9.93. The Bertz CT molecular complexity index is 774. The number of anilines is 1.